The van der Waals surface area contributed by atoms with E-state index >= 15 is 0 Å². The van der Waals surface area contributed by atoms with Gasteiger partial charge in [-0.15, -0.1) is 11.8 Å². The number of aryl methyl sites for hydroxylation is 2. The molecule has 1 aromatic heterocycles. The van der Waals surface area contributed by atoms with Crippen molar-refractivity contribution in [3.8, 4) is 0 Å². The van der Waals surface area contributed by atoms with Gasteiger partial charge in [0.2, 0.25) is 0 Å². The first-order chi connectivity index (χ1) is 12.7. The summed E-state index contributed by atoms with van der Waals surface area (Å²) in [6, 6.07) is -0.827. The van der Waals surface area contributed by atoms with Crippen LogP contribution in [0.2, 0.25) is 0 Å². The Labute approximate surface area is 158 Å². The van der Waals surface area contributed by atoms with Gasteiger partial charge in [0.1, 0.15) is 23.7 Å². The van der Waals surface area contributed by atoms with Crippen molar-refractivity contribution < 1.29 is 29.0 Å². The van der Waals surface area contributed by atoms with Gasteiger partial charge in [-0.2, -0.15) is 5.10 Å². The molecule has 1 saturated heterocycles. The monoisotopic (exact) mass is 394 g/mol. The van der Waals surface area contributed by atoms with Crippen LogP contribution in [0.25, 0.3) is 0 Å². The molecule has 2 unspecified atom stereocenters. The number of hydrogen-bond donors (Lipinski definition) is 2. The van der Waals surface area contributed by atoms with Gasteiger partial charge in [0.05, 0.1) is 11.3 Å². The van der Waals surface area contributed by atoms with Crippen LogP contribution >= 0.6 is 11.8 Å². The highest BCUT2D eigenvalue weighted by Crippen LogP contribution is 2.40. The number of carboxylic acids is 1. The van der Waals surface area contributed by atoms with Crippen molar-refractivity contribution >= 4 is 35.5 Å². The van der Waals surface area contributed by atoms with Crippen molar-refractivity contribution in [2.75, 3.05) is 12.4 Å². The molecule has 2 atom stereocenters. The molecule has 3 heterocycles. The first-order valence-corrected chi connectivity index (χ1v) is 9.10. The highest BCUT2D eigenvalue weighted by molar-refractivity contribution is 8.00. The van der Waals surface area contributed by atoms with Crippen LogP contribution in [-0.2, 0) is 26.2 Å². The average Bonchev–Trinajstić information content (AvgIpc) is 2.94. The number of hydrogen-bond acceptors (Lipinski definition) is 7. The van der Waals surface area contributed by atoms with Crippen LogP contribution in [0.4, 0.5) is 0 Å². The normalized spacial score (nSPS) is 21.4. The Kier molecular flexibility index (Phi) is 4.96. The Hall–Kier alpha value is -2.82. The minimum absolute atomic E-state index is 0.187. The van der Waals surface area contributed by atoms with Crippen molar-refractivity contribution in [1.82, 2.24) is 20.0 Å². The number of aliphatic carboxylic acids is 1. The van der Waals surface area contributed by atoms with Gasteiger partial charge >= 0.3 is 11.9 Å². The quantitative estimate of drug-likeness (QED) is 0.512. The molecule has 2 N–H and O–H groups in total. The maximum absolute atomic E-state index is 12.5. The van der Waals surface area contributed by atoms with Gasteiger partial charge in [0.25, 0.3) is 11.8 Å². The second kappa shape index (κ2) is 7.06. The van der Waals surface area contributed by atoms with Gasteiger partial charge < -0.3 is 15.2 Å². The van der Waals surface area contributed by atoms with Gasteiger partial charge in [-0.25, -0.2) is 4.79 Å². The van der Waals surface area contributed by atoms with E-state index in [0.717, 1.165) is 4.90 Å². The number of fused-ring (bicyclic) bond motifs is 1. The van der Waals surface area contributed by atoms with E-state index in [0.29, 0.717) is 16.8 Å². The lowest BCUT2D eigenvalue weighted by molar-refractivity contribution is -0.149. The third-order valence-electron chi connectivity index (χ3n) is 4.24. The summed E-state index contributed by atoms with van der Waals surface area (Å²) in [6.07, 6.45) is 1.55. The summed E-state index contributed by atoms with van der Waals surface area (Å²) >= 11 is 1.31. The lowest BCUT2D eigenvalue weighted by atomic mass is 10.0. The molecule has 0 aromatic carbocycles. The van der Waals surface area contributed by atoms with E-state index in [1.807, 2.05) is 0 Å². The van der Waals surface area contributed by atoms with Crippen LogP contribution in [0.1, 0.15) is 23.0 Å². The average molecular weight is 394 g/mol. The fourth-order valence-corrected chi connectivity index (χ4v) is 4.35. The summed E-state index contributed by atoms with van der Waals surface area (Å²) in [4.78, 5) is 48.7. The molecule has 1 aromatic rings. The minimum atomic E-state index is -1.27. The number of amides is 2. The molecule has 2 amide bonds. The third kappa shape index (κ3) is 3.42. The lowest BCUT2D eigenvalue weighted by Gasteiger charge is -2.49. The molecular formula is C16H18N4O6S. The number of carboxylic acid groups (broad SMARTS) is 1. The Bertz CT molecular complexity index is 876. The molecule has 0 bridgehead atoms. The predicted molar refractivity (Wildman–Crippen MR) is 93.6 cm³/mol. The zero-order chi connectivity index (χ0) is 19.9. The van der Waals surface area contributed by atoms with Gasteiger partial charge in [-0.05, 0) is 6.92 Å². The van der Waals surface area contributed by atoms with Gasteiger partial charge in [-0.3, -0.25) is 24.0 Å². The number of nitrogens with zero attached hydrogens (tertiary/aromatic N) is 3. The number of β-lactam (4-membered cyclic amide) rings is 1. The predicted octanol–water partition coefficient (Wildman–Crippen LogP) is -0.356. The van der Waals surface area contributed by atoms with Gasteiger partial charge in [-0.1, -0.05) is 0 Å². The first-order valence-electron chi connectivity index (χ1n) is 8.05. The molecule has 0 radical (unpaired) electrons. The SMILES string of the molecule is CC(=O)OCC1=C(C(=O)O)N2C(=O)C(NC(=O)c3cn(C)nc3C)C2SC1. The van der Waals surface area contributed by atoms with Crippen LogP contribution in [0.15, 0.2) is 17.5 Å². The molecule has 11 heteroatoms. The topological polar surface area (TPSA) is 131 Å². The molecular weight excluding hydrogens is 376 g/mol. The number of carbonyl (C=O) groups is 4. The highest BCUT2D eigenvalue weighted by atomic mass is 32.2. The van der Waals surface area contributed by atoms with Crippen molar-refractivity contribution in [3.05, 3.63) is 28.7 Å². The Morgan fingerprint density at radius 2 is 2.15 bits per heavy atom. The van der Waals surface area contributed by atoms with E-state index in [1.165, 1.54) is 23.4 Å². The molecule has 0 saturated carbocycles. The van der Waals surface area contributed by atoms with E-state index in [-0.39, 0.29) is 18.1 Å². The van der Waals surface area contributed by atoms with Crippen molar-refractivity contribution in [3.63, 3.8) is 0 Å². The van der Waals surface area contributed by atoms with E-state index < -0.39 is 35.2 Å². The number of rotatable bonds is 5. The highest BCUT2D eigenvalue weighted by Gasteiger charge is 2.54. The number of aromatic nitrogens is 2. The standard InChI is InChI=1S/C16H18N4O6S/c1-7-10(4-19(3)18-7)13(22)17-11-14(23)20-12(16(24)25)9(5-26-8(2)21)6-27-15(11)20/h4,11,15H,5-6H2,1-3H3,(H,17,22)(H,24,25). The summed E-state index contributed by atoms with van der Waals surface area (Å²) in [7, 11) is 1.69. The van der Waals surface area contributed by atoms with E-state index in [2.05, 4.69) is 10.4 Å². The summed E-state index contributed by atoms with van der Waals surface area (Å²) in [5.74, 6) is -2.48. The maximum Gasteiger partial charge on any atom is 0.352 e. The van der Waals surface area contributed by atoms with E-state index in [4.69, 9.17) is 4.74 Å². The summed E-state index contributed by atoms with van der Waals surface area (Å²) in [5, 5.41) is 15.7. The molecule has 0 spiro atoms. The summed E-state index contributed by atoms with van der Waals surface area (Å²) < 4.78 is 6.38. The molecule has 10 nitrogen and oxygen atoms in total. The fraction of sp³-hybridized carbons (Fsp3) is 0.438. The number of thioether (sulfide) groups is 1. The Morgan fingerprint density at radius 1 is 1.44 bits per heavy atom. The smallest absolute Gasteiger partial charge is 0.352 e. The molecule has 2 aliphatic rings. The minimum Gasteiger partial charge on any atom is -0.477 e. The molecule has 0 aliphatic carbocycles. The molecule has 3 rings (SSSR count). The zero-order valence-corrected chi connectivity index (χ0v) is 15.7. The van der Waals surface area contributed by atoms with Crippen LogP contribution in [-0.4, -0.2) is 67.3 Å². The second-order valence-corrected chi connectivity index (χ2v) is 7.31. The second-order valence-electron chi connectivity index (χ2n) is 6.20. The Balaban J connectivity index is 1.77. The number of carbonyl (C=O) groups excluding carboxylic acids is 3. The molecule has 27 heavy (non-hydrogen) atoms. The van der Waals surface area contributed by atoms with Gasteiger partial charge in [0.15, 0.2) is 0 Å². The number of ether oxygens (including phenoxy) is 1. The maximum atomic E-state index is 12.5. The zero-order valence-electron chi connectivity index (χ0n) is 14.9. The number of nitrogens with one attached hydrogen (secondary N) is 1. The fourth-order valence-electron chi connectivity index (χ4n) is 3.02. The first kappa shape index (κ1) is 19.0. The van der Waals surface area contributed by atoms with Crippen molar-refractivity contribution in [1.29, 1.82) is 0 Å². The molecule has 1 fully saturated rings. The Morgan fingerprint density at radius 3 is 2.70 bits per heavy atom. The van der Waals surface area contributed by atoms with Crippen LogP contribution in [0.5, 0.6) is 0 Å². The van der Waals surface area contributed by atoms with Crippen LogP contribution < -0.4 is 5.32 Å². The largest absolute Gasteiger partial charge is 0.477 e. The number of esters is 1. The van der Waals surface area contributed by atoms with Crippen molar-refractivity contribution in [2.24, 2.45) is 7.05 Å². The van der Waals surface area contributed by atoms with Crippen LogP contribution in [0, 0.1) is 6.92 Å². The van der Waals surface area contributed by atoms with Crippen molar-refractivity contribution in [2.45, 2.75) is 25.3 Å². The molecule has 2 aliphatic heterocycles. The van der Waals surface area contributed by atoms with E-state index in [1.54, 1.807) is 20.2 Å². The molecule has 144 valence electrons. The van der Waals surface area contributed by atoms with E-state index in [9.17, 15) is 24.3 Å². The lowest BCUT2D eigenvalue weighted by Crippen LogP contribution is -2.70. The third-order valence-corrected chi connectivity index (χ3v) is 5.58. The van der Waals surface area contributed by atoms with Crippen LogP contribution in [0.3, 0.4) is 0 Å². The summed E-state index contributed by atoms with van der Waals surface area (Å²) in [6.45, 7) is 2.72. The summed E-state index contributed by atoms with van der Waals surface area (Å²) in [5.41, 5.74) is 1.05. The van der Waals surface area contributed by atoms with Gasteiger partial charge in [0, 0.05) is 31.5 Å².